The number of carbonyl (C=O) groups is 2. The molecule has 26 heavy (non-hydrogen) atoms. The summed E-state index contributed by atoms with van der Waals surface area (Å²) >= 11 is 0. The van der Waals surface area contributed by atoms with Gasteiger partial charge in [-0.15, -0.1) is 0 Å². The molecule has 2 amide bonds. The van der Waals surface area contributed by atoms with Crippen LogP contribution in [-0.2, 0) is 11.2 Å². The summed E-state index contributed by atoms with van der Waals surface area (Å²) < 4.78 is 0. The van der Waals surface area contributed by atoms with Gasteiger partial charge in [0, 0.05) is 18.1 Å². The monoisotopic (exact) mass is 347 g/mol. The van der Waals surface area contributed by atoms with Crippen LogP contribution in [0.15, 0.2) is 48.5 Å². The first kappa shape index (κ1) is 17.6. The van der Waals surface area contributed by atoms with E-state index in [4.69, 9.17) is 0 Å². The van der Waals surface area contributed by atoms with Crippen molar-refractivity contribution in [3.8, 4) is 0 Å². The van der Waals surface area contributed by atoms with Gasteiger partial charge in [-0.1, -0.05) is 23.8 Å². The van der Waals surface area contributed by atoms with Crippen LogP contribution in [0, 0.1) is 13.8 Å². The van der Waals surface area contributed by atoms with E-state index in [1.165, 1.54) is 0 Å². The fourth-order valence-corrected chi connectivity index (χ4v) is 2.80. The maximum Gasteiger partial charge on any atom is 0.257 e. The first-order chi connectivity index (χ1) is 12.5. The Balaban J connectivity index is 1.80. The van der Waals surface area contributed by atoms with Gasteiger partial charge in [0.15, 0.2) is 0 Å². The summed E-state index contributed by atoms with van der Waals surface area (Å²) in [5, 5.41) is 6.43. The van der Waals surface area contributed by atoms with Crippen molar-refractivity contribution >= 4 is 28.4 Å². The smallest absolute Gasteiger partial charge is 0.257 e. The number of anilines is 1. The molecular formula is C21H21N3O2. The molecule has 0 atom stereocenters. The molecule has 5 nitrogen and oxygen atoms in total. The Morgan fingerprint density at radius 2 is 1.73 bits per heavy atom. The number of fused-ring (bicyclic) bond motifs is 1. The Labute approximate surface area is 152 Å². The Morgan fingerprint density at radius 3 is 2.42 bits per heavy atom. The normalized spacial score (nSPS) is 10.6. The Morgan fingerprint density at radius 1 is 1.00 bits per heavy atom. The maximum atomic E-state index is 12.7. The average molecular weight is 347 g/mol. The van der Waals surface area contributed by atoms with Crippen LogP contribution in [0.3, 0.4) is 0 Å². The van der Waals surface area contributed by atoms with Gasteiger partial charge < -0.3 is 10.6 Å². The van der Waals surface area contributed by atoms with Crippen LogP contribution in [0.25, 0.3) is 10.9 Å². The number of likely N-dealkylation sites (N-methyl/N-ethyl adjacent to an activating group) is 1. The molecule has 0 unspecified atom stereocenters. The second kappa shape index (κ2) is 7.35. The summed E-state index contributed by atoms with van der Waals surface area (Å²) in [6.45, 7) is 3.85. The standard InChI is InChI=1S/C21H21N3O2/c1-13-4-9-19-16(10-13)12-18(14(2)23-19)21(26)24-17-7-5-15(6-8-17)11-20(25)22-3/h4-10,12H,11H2,1-3H3,(H,22,25)(H,24,26). The van der Waals surface area contributed by atoms with Gasteiger partial charge in [-0.25, -0.2) is 0 Å². The summed E-state index contributed by atoms with van der Waals surface area (Å²) in [5.74, 6) is -0.243. The van der Waals surface area contributed by atoms with E-state index in [1.807, 2.05) is 50.2 Å². The van der Waals surface area contributed by atoms with Crippen molar-refractivity contribution in [1.29, 1.82) is 0 Å². The predicted octanol–water partition coefficient (Wildman–Crippen LogP) is 3.39. The lowest BCUT2D eigenvalue weighted by Gasteiger charge is -2.10. The molecule has 0 bridgehead atoms. The van der Waals surface area contributed by atoms with Crippen LogP contribution < -0.4 is 10.6 Å². The third kappa shape index (κ3) is 3.88. The number of rotatable bonds is 4. The number of amides is 2. The molecule has 0 aliphatic carbocycles. The third-order valence-electron chi connectivity index (χ3n) is 4.26. The van der Waals surface area contributed by atoms with Crippen molar-refractivity contribution in [2.24, 2.45) is 0 Å². The lowest BCUT2D eigenvalue weighted by molar-refractivity contribution is -0.119. The zero-order valence-corrected chi connectivity index (χ0v) is 15.1. The number of nitrogens with zero attached hydrogens (tertiary/aromatic N) is 1. The van der Waals surface area contributed by atoms with E-state index >= 15 is 0 Å². The van der Waals surface area contributed by atoms with Crippen molar-refractivity contribution in [2.75, 3.05) is 12.4 Å². The highest BCUT2D eigenvalue weighted by Gasteiger charge is 2.12. The zero-order chi connectivity index (χ0) is 18.7. The molecule has 2 N–H and O–H groups in total. The number of nitrogens with one attached hydrogen (secondary N) is 2. The minimum Gasteiger partial charge on any atom is -0.359 e. The molecule has 5 heteroatoms. The van der Waals surface area contributed by atoms with E-state index in [0.29, 0.717) is 23.4 Å². The number of hydrogen-bond acceptors (Lipinski definition) is 3. The zero-order valence-electron chi connectivity index (χ0n) is 15.1. The molecule has 0 saturated carbocycles. The summed E-state index contributed by atoms with van der Waals surface area (Å²) in [5.41, 5.74) is 4.82. The number of carbonyl (C=O) groups excluding carboxylic acids is 2. The molecule has 0 radical (unpaired) electrons. The first-order valence-corrected chi connectivity index (χ1v) is 8.45. The van der Waals surface area contributed by atoms with E-state index in [9.17, 15) is 9.59 Å². The molecule has 0 aliphatic heterocycles. The van der Waals surface area contributed by atoms with Gasteiger partial charge in [-0.2, -0.15) is 0 Å². The van der Waals surface area contributed by atoms with E-state index in [2.05, 4.69) is 15.6 Å². The van der Waals surface area contributed by atoms with E-state index in [-0.39, 0.29) is 11.8 Å². The topological polar surface area (TPSA) is 71.1 Å². The van der Waals surface area contributed by atoms with Crippen molar-refractivity contribution in [3.63, 3.8) is 0 Å². The fraction of sp³-hybridized carbons (Fsp3) is 0.190. The van der Waals surface area contributed by atoms with Gasteiger partial charge >= 0.3 is 0 Å². The van der Waals surface area contributed by atoms with Crippen LogP contribution in [0.4, 0.5) is 5.69 Å². The van der Waals surface area contributed by atoms with E-state index < -0.39 is 0 Å². The molecule has 0 aliphatic rings. The largest absolute Gasteiger partial charge is 0.359 e. The van der Waals surface area contributed by atoms with Crippen molar-refractivity contribution in [1.82, 2.24) is 10.3 Å². The average Bonchev–Trinajstić information content (AvgIpc) is 2.63. The van der Waals surface area contributed by atoms with Gasteiger partial charge in [0.25, 0.3) is 5.91 Å². The van der Waals surface area contributed by atoms with Gasteiger partial charge in [0.05, 0.1) is 23.2 Å². The second-order valence-corrected chi connectivity index (χ2v) is 6.32. The fourth-order valence-electron chi connectivity index (χ4n) is 2.80. The van der Waals surface area contributed by atoms with Crippen molar-refractivity contribution in [2.45, 2.75) is 20.3 Å². The van der Waals surface area contributed by atoms with Crippen LogP contribution in [-0.4, -0.2) is 23.8 Å². The molecule has 0 saturated heterocycles. The maximum absolute atomic E-state index is 12.7. The Bertz CT molecular complexity index is 978. The molecule has 2 aromatic carbocycles. The first-order valence-electron chi connectivity index (χ1n) is 8.45. The van der Waals surface area contributed by atoms with Crippen LogP contribution in [0.1, 0.15) is 27.2 Å². The van der Waals surface area contributed by atoms with Gasteiger partial charge in [-0.05, 0) is 49.7 Å². The molecule has 3 aromatic rings. The highest BCUT2D eigenvalue weighted by molar-refractivity contribution is 6.06. The third-order valence-corrected chi connectivity index (χ3v) is 4.26. The summed E-state index contributed by atoms with van der Waals surface area (Å²) in [4.78, 5) is 28.6. The minimum absolute atomic E-state index is 0.0464. The highest BCUT2D eigenvalue weighted by Crippen LogP contribution is 2.19. The number of benzene rings is 2. The second-order valence-electron chi connectivity index (χ2n) is 6.32. The Kier molecular flexibility index (Phi) is 4.98. The van der Waals surface area contributed by atoms with Crippen molar-refractivity contribution < 1.29 is 9.59 Å². The van der Waals surface area contributed by atoms with Gasteiger partial charge in [0.2, 0.25) is 5.91 Å². The van der Waals surface area contributed by atoms with Gasteiger partial charge in [-0.3, -0.25) is 14.6 Å². The van der Waals surface area contributed by atoms with Crippen LogP contribution in [0.2, 0.25) is 0 Å². The molecule has 1 heterocycles. The lowest BCUT2D eigenvalue weighted by Crippen LogP contribution is -2.20. The lowest BCUT2D eigenvalue weighted by atomic mass is 10.1. The molecular weight excluding hydrogens is 326 g/mol. The molecule has 0 spiro atoms. The van der Waals surface area contributed by atoms with Crippen LogP contribution >= 0.6 is 0 Å². The number of pyridine rings is 1. The number of aryl methyl sites for hydroxylation is 2. The van der Waals surface area contributed by atoms with Crippen molar-refractivity contribution in [3.05, 3.63) is 70.9 Å². The quantitative estimate of drug-likeness (QED) is 0.760. The SMILES string of the molecule is CNC(=O)Cc1ccc(NC(=O)c2cc3cc(C)ccc3nc2C)cc1. The van der Waals surface area contributed by atoms with Crippen LogP contribution in [0.5, 0.6) is 0 Å². The molecule has 0 fully saturated rings. The summed E-state index contributed by atoms with van der Waals surface area (Å²) in [7, 11) is 1.61. The minimum atomic E-state index is -0.197. The Hall–Kier alpha value is -3.21. The molecule has 1 aromatic heterocycles. The van der Waals surface area contributed by atoms with E-state index in [0.717, 1.165) is 22.0 Å². The number of hydrogen-bond donors (Lipinski definition) is 2. The van der Waals surface area contributed by atoms with Gasteiger partial charge in [0.1, 0.15) is 0 Å². The highest BCUT2D eigenvalue weighted by atomic mass is 16.2. The molecule has 3 rings (SSSR count). The summed E-state index contributed by atoms with van der Waals surface area (Å²) in [6, 6.07) is 15.1. The number of aromatic nitrogens is 1. The molecule has 132 valence electrons. The summed E-state index contributed by atoms with van der Waals surface area (Å²) in [6.07, 6.45) is 0.317. The van der Waals surface area contributed by atoms with E-state index in [1.54, 1.807) is 19.2 Å². The predicted molar refractivity (Wildman–Crippen MR) is 103 cm³/mol.